The Morgan fingerprint density at radius 2 is 1.48 bits per heavy atom. The lowest BCUT2D eigenvalue weighted by Gasteiger charge is -2.15. The van der Waals surface area contributed by atoms with Gasteiger partial charge < -0.3 is 25.4 Å². The molecule has 9 heteroatoms. The van der Waals surface area contributed by atoms with Gasteiger partial charge in [0.2, 0.25) is 5.91 Å². The minimum Gasteiger partial charge on any atom is -0.493 e. The van der Waals surface area contributed by atoms with Crippen LogP contribution in [-0.4, -0.2) is 37.2 Å². The summed E-state index contributed by atoms with van der Waals surface area (Å²) in [7, 11) is 3.06. The van der Waals surface area contributed by atoms with Gasteiger partial charge in [0.25, 0.3) is 11.8 Å². The largest absolute Gasteiger partial charge is 0.493 e. The SMILES string of the molecule is COc1ccc(/C=C(/NC(=O)c2ccccc2)C(=O)Nc2cccc(SC(C)C(=O)Nc3ccc(C)c(C)c3)c2)cc1OC. The molecule has 1 atom stereocenters. The Balaban J connectivity index is 1.51. The predicted octanol–water partition coefficient (Wildman–Crippen LogP) is 6.85. The van der Waals surface area contributed by atoms with E-state index >= 15 is 0 Å². The number of carbonyl (C=O) groups is 3. The topological polar surface area (TPSA) is 106 Å². The standard InChI is InChI=1S/C35H35N3O5S/c1-22-14-16-28(18-23(22)2)36-33(39)24(3)44-29-13-9-12-27(21-29)37-35(41)30(38-34(40)26-10-7-6-8-11-26)19-25-15-17-31(42-4)32(20-25)43-5/h6-21,24H,1-5H3,(H,36,39)(H,37,41)(H,38,40)/b30-19+. The number of nitrogens with one attached hydrogen (secondary N) is 3. The fraction of sp³-hybridized carbons (Fsp3) is 0.171. The molecule has 0 aromatic heterocycles. The first-order valence-corrected chi connectivity index (χ1v) is 14.8. The zero-order valence-electron chi connectivity index (χ0n) is 25.3. The average molecular weight is 610 g/mol. The van der Waals surface area contributed by atoms with E-state index in [1.165, 1.54) is 26.0 Å². The van der Waals surface area contributed by atoms with Crippen LogP contribution in [0.15, 0.2) is 102 Å². The second-order valence-corrected chi connectivity index (χ2v) is 11.4. The number of amides is 3. The van der Waals surface area contributed by atoms with Crippen LogP contribution in [0, 0.1) is 13.8 Å². The second-order valence-electron chi connectivity index (χ2n) is 10.0. The van der Waals surface area contributed by atoms with Gasteiger partial charge in [0.15, 0.2) is 11.5 Å². The summed E-state index contributed by atoms with van der Waals surface area (Å²) in [6.45, 7) is 5.86. The highest BCUT2D eigenvalue weighted by molar-refractivity contribution is 8.00. The highest BCUT2D eigenvalue weighted by Crippen LogP contribution is 2.29. The van der Waals surface area contributed by atoms with Gasteiger partial charge in [-0.05, 0) is 98.1 Å². The first kappa shape index (κ1) is 31.9. The summed E-state index contributed by atoms with van der Waals surface area (Å²) in [5.74, 6) is -0.0606. The van der Waals surface area contributed by atoms with Gasteiger partial charge >= 0.3 is 0 Å². The molecule has 0 fully saturated rings. The lowest BCUT2D eigenvalue weighted by molar-refractivity contribution is -0.115. The molecule has 1 unspecified atom stereocenters. The summed E-state index contributed by atoms with van der Waals surface area (Å²) in [6.07, 6.45) is 1.57. The van der Waals surface area contributed by atoms with Crippen molar-refractivity contribution in [2.75, 3.05) is 24.9 Å². The average Bonchev–Trinajstić information content (AvgIpc) is 3.02. The van der Waals surface area contributed by atoms with Crippen LogP contribution in [0.5, 0.6) is 11.5 Å². The number of ether oxygens (including phenoxy) is 2. The van der Waals surface area contributed by atoms with E-state index in [2.05, 4.69) is 16.0 Å². The molecular weight excluding hydrogens is 574 g/mol. The summed E-state index contributed by atoms with van der Waals surface area (Å²) >= 11 is 1.37. The predicted molar refractivity (Wildman–Crippen MR) is 176 cm³/mol. The molecule has 4 aromatic rings. The Hall–Kier alpha value is -5.02. The Kier molecular flexibility index (Phi) is 10.8. The number of hydrogen-bond donors (Lipinski definition) is 3. The molecule has 3 N–H and O–H groups in total. The van der Waals surface area contributed by atoms with Crippen molar-refractivity contribution in [2.45, 2.75) is 30.9 Å². The molecule has 226 valence electrons. The number of aryl methyl sites for hydroxylation is 2. The van der Waals surface area contributed by atoms with Crippen LogP contribution in [-0.2, 0) is 9.59 Å². The van der Waals surface area contributed by atoms with Crippen molar-refractivity contribution < 1.29 is 23.9 Å². The fourth-order valence-corrected chi connectivity index (χ4v) is 5.14. The number of thioether (sulfide) groups is 1. The van der Waals surface area contributed by atoms with Crippen molar-refractivity contribution in [1.82, 2.24) is 5.32 Å². The second kappa shape index (κ2) is 14.9. The van der Waals surface area contributed by atoms with Gasteiger partial charge in [-0.3, -0.25) is 14.4 Å². The normalized spacial score (nSPS) is 11.7. The van der Waals surface area contributed by atoms with E-state index in [-0.39, 0.29) is 11.6 Å². The van der Waals surface area contributed by atoms with Gasteiger partial charge in [-0.2, -0.15) is 0 Å². The van der Waals surface area contributed by atoms with Crippen LogP contribution >= 0.6 is 11.8 Å². The summed E-state index contributed by atoms with van der Waals surface area (Å²) in [4.78, 5) is 40.2. The fourth-order valence-electron chi connectivity index (χ4n) is 4.22. The molecule has 0 bridgehead atoms. The van der Waals surface area contributed by atoms with Gasteiger partial charge in [-0.1, -0.05) is 36.4 Å². The zero-order chi connectivity index (χ0) is 31.6. The van der Waals surface area contributed by atoms with E-state index in [0.29, 0.717) is 28.3 Å². The molecule has 0 aliphatic heterocycles. The van der Waals surface area contributed by atoms with Gasteiger partial charge in [0, 0.05) is 21.8 Å². The molecule has 0 aliphatic carbocycles. The van der Waals surface area contributed by atoms with Gasteiger partial charge in [-0.25, -0.2) is 0 Å². The maximum atomic E-state index is 13.5. The van der Waals surface area contributed by atoms with Crippen molar-refractivity contribution in [2.24, 2.45) is 0 Å². The minimum atomic E-state index is -0.522. The van der Waals surface area contributed by atoms with E-state index in [4.69, 9.17) is 9.47 Å². The summed E-state index contributed by atoms with van der Waals surface area (Å²) < 4.78 is 10.7. The Labute approximate surface area is 261 Å². The van der Waals surface area contributed by atoms with E-state index < -0.39 is 17.1 Å². The first-order chi connectivity index (χ1) is 21.2. The maximum Gasteiger partial charge on any atom is 0.272 e. The minimum absolute atomic E-state index is 0.0327. The van der Waals surface area contributed by atoms with Gasteiger partial charge in [0.05, 0.1) is 19.5 Å². The van der Waals surface area contributed by atoms with E-state index in [1.54, 1.807) is 66.7 Å². The van der Waals surface area contributed by atoms with Crippen molar-refractivity contribution >= 4 is 46.9 Å². The highest BCUT2D eigenvalue weighted by Gasteiger charge is 2.18. The van der Waals surface area contributed by atoms with Crippen molar-refractivity contribution in [3.8, 4) is 11.5 Å². The van der Waals surface area contributed by atoms with Crippen molar-refractivity contribution in [1.29, 1.82) is 0 Å². The van der Waals surface area contributed by atoms with Crippen LogP contribution in [0.25, 0.3) is 6.08 Å². The monoisotopic (exact) mass is 609 g/mol. The third-order valence-electron chi connectivity index (χ3n) is 6.80. The van der Waals surface area contributed by atoms with Crippen LogP contribution in [0.4, 0.5) is 11.4 Å². The molecule has 44 heavy (non-hydrogen) atoms. The lowest BCUT2D eigenvalue weighted by Crippen LogP contribution is -2.30. The number of hydrogen-bond acceptors (Lipinski definition) is 6. The smallest absolute Gasteiger partial charge is 0.272 e. The molecule has 8 nitrogen and oxygen atoms in total. The number of carbonyl (C=O) groups excluding carboxylic acids is 3. The molecule has 0 heterocycles. The van der Waals surface area contributed by atoms with E-state index in [9.17, 15) is 14.4 Å². The first-order valence-electron chi connectivity index (χ1n) is 13.9. The quantitative estimate of drug-likeness (QED) is 0.127. The third-order valence-corrected chi connectivity index (χ3v) is 7.89. The molecule has 0 radical (unpaired) electrons. The number of methoxy groups -OCH3 is 2. The Morgan fingerprint density at radius 3 is 2.18 bits per heavy atom. The molecule has 0 spiro atoms. The van der Waals surface area contributed by atoms with Crippen molar-refractivity contribution in [3.05, 3.63) is 119 Å². The van der Waals surface area contributed by atoms with Crippen LogP contribution in [0.2, 0.25) is 0 Å². The maximum absolute atomic E-state index is 13.5. The molecule has 0 saturated carbocycles. The van der Waals surface area contributed by atoms with Crippen LogP contribution < -0.4 is 25.4 Å². The summed E-state index contributed by atoms with van der Waals surface area (Å²) in [6, 6.07) is 26.8. The molecule has 4 aromatic carbocycles. The molecular formula is C35H35N3O5S. The summed E-state index contributed by atoms with van der Waals surface area (Å²) in [5, 5.41) is 8.19. The molecule has 0 saturated heterocycles. The van der Waals surface area contributed by atoms with Gasteiger partial charge in [0.1, 0.15) is 5.70 Å². The highest BCUT2D eigenvalue weighted by atomic mass is 32.2. The number of benzene rings is 4. The molecule has 3 amide bonds. The Morgan fingerprint density at radius 1 is 0.750 bits per heavy atom. The van der Waals surface area contributed by atoms with Crippen LogP contribution in [0.3, 0.4) is 0 Å². The van der Waals surface area contributed by atoms with E-state index in [1.807, 2.05) is 51.1 Å². The van der Waals surface area contributed by atoms with Gasteiger partial charge in [-0.15, -0.1) is 11.8 Å². The van der Waals surface area contributed by atoms with E-state index in [0.717, 1.165) is 21.7 Å². The third kappa shape index (κ3) is 8.52. The lowest BCUT2D eigenvalue weighted by atomic mass is 10.1. The molecule has 4 rings (SSSR count). The van der Waals surface area contributed by atoms with Crippen LogP contribution in [0.1, 0.15) is 34.0 Å². The Bertz CT molecular complexity index is 1690. The zero-order valence-corrected chi connectivity index (χ0v) is 26.1. The van der Waals surface area contributed by atoms with Crippen molar-refractivity contribution in [3.63, 3.8) is 0 Å². The number of anilines is 2. The molecule has 0 aliphatic rings. The number of rotatable bonds is 11. The summed E-state index contributed by atoms with van der Waals surface area (Å²) in [5.41, 5.74) is 4.58.